The van der Waals surface area contributed by atoms with Crippen molar-refractivity contribution in [2.75, 3.05) is 67.9 Å². The van der Waals surface area contributed by atoms with Crippen LogP contribution in [0.4, 0.5) is 23.0 Å². The van der Waals surface area contributed by atoms with Crippen molar-refractivity contribution in [1.29, 1.82) is 0 Å². The Bertz CT molecular complexity index is 2440. The highest BCUT2D eigenvalue weighted by Gasteiger charge is 2.24. The molecule has 0 radical (unpaired) electrons. The zero-order valence-corrected chi connectivity index (χ0v) is 32.5. The maximum Gasteiger partial charge on any atom is 0.244 e. The van der Waals surface area contributed by atoms with Crippen LogP contribution >= 0.6 is 23.2 Å². The van der Waals surface area contributed by atoms with Gasteiger partial charge in [0, 0.05) is 102 Å². The molecule has 6 heterocycles. The van der Waals surface area contributed by atoms with E-state index in [1.807, 2.05) is 54.0 Å². The smallest absolute Gasteiger partial charge is 0.244 e. The van der Waals surface area contributed by atoms with Gasteiger partial charge < -0.3 is 25.3 Å². The van der Waals surface area contributed by atoms with E-state index in [9.17, 15) is 9.59 Å². The second kappa shape index (κ2) is 16.7. The fourth-order valence-corrected chi connectivity index (χ4v) is 7.20. The predicted octanol–water partition coefficient (Wildman–Crippen LogP) is 6.01. The number of carbonyl (C=O) groups excluding carboxylic acids is 2. The number of amides is 2. The van der Waals surface area contributed by atoms with Crippen molar-refractivity contribution in [2.24, 2.45) is 5.11 Å². The molecule has 0 spiro atoms. The van der Waals surface area contributed by atoms with Crippen LogP contribution in [-0.2, 0) is 22.7 Å². The average molecular weight is 796 g/mol. The summed E-state index contributed by atoms with van der Waals surface area (Å²) in [6, 6.07) is 15.6. The first-order valence-electron chi connectivity index (χ1n) is 18.1. The molecule has 2 N–H and O–H groups in total. The Balaban J connectivity index is 0.000000172. The summed E-state index contributed by atoms with van der Waals surface area (Å²) in [7, 11) is 0. The molecule has 2 amide bonds. The number of nitrogens with zero attached hydrogens (tertiary/aromatic N) is 13. The first kappa shape index (κ1) is 38.2. The van der Waals surface area contributed by atoms with Crippen LogP contribution < -0.4 is 15.5 Å². The van der Waals surface area contributed by atoms with Gasteiger partial charge in [0.15, 0.2) is 5.82 Å². The number of hydrogen-bond acceptors (Lipinski definition) is 10. The Kier molecular flexibility index (Phi) is 11.4. The molecule has 2 aliphatic heterocycles. The molecule has 0 bridgehead atoms. The zero-order valence-electron chi connectivity index (χ0n) is 31.0. The SMILES string of the molecule is Cc1cc(N2CCN(C(=O)Cn3ncc4ccnc(N)c43)CC2)ccc1Cl.Cc1cc(N2CCN(C(=O)Cn3ncc4ccnc(N=[N+]=[N-])c43)CC2)ccc1Cl. The van der Waals surface area contributed by atoms with Crippen molar-refractivity contribution in [2.45, 2.75) is 26.9 Å². The molecule has 2 fully saturated rings. The van der Waals surface area contributed by atoms with Gasteiger partial charge in [0.05, 0.1) is 17.9 Å². The van der Waals surface area contributed by atoms with Crippen LogP contribution in [0.5, 0.6) is 0 Å². The molecule has 8 rings (SSSR count). The molecule has 288 valence electrons. The third-order valence-electron chi connectivity index (χ3n) is 10.1. The fraction of sp³-hybridized carbons (Fsp3) is 0.316. The van der Waals surface area contributed by atoms with Crippen LogP contribution in [0.1, 0.15) is 11.1 Å². The molecule has 4 aromatic heterocycles. The first-order valence-corrected chi connectivity index (χ1v) is 18.8. The van der Waals surface area contributed by atoms with Crippen LogP contribution in [0.3, 0.4) is 0 Å². The molecule has 0 atom stereocenters. The van der Waals surface area contributed by atoms with E-state index in [1.165, 1.54) is 0 Å². The number of aromatic nitrogens is 6. The van der Waals surface area contributed by atoms with Gasteiger partial charge in [-0.25, -0.2) is 4.98 Å². The number of rotatable bonds is 7. The highest BCUT2D eigenvalue weighted by Crippen LogP contribution is 2.27. The van der Waals surface area contributed by atoms with Gasteiger partial charge in [0.1, 0.15) is 24.4 Å². The monoisotopic (exact) mass is 794 g/mol. The van der Waals surface area contributed by atoms with E-state index in [2.05, 4.69) is 52.1 Å². The van der Waals surface area contributed by atoms with E-state index in [-0.39, 0.29) is 30.7 Å². The summed E-state index contributed by atoms with van der Waals surface area (Å²) in [6.45, 7) is 9.90. The largest absolute Gasteiger partial charge is 0.382 e. The maximum absolute atomic E-state index is 12.8. The maximum atomic E-state index is 12.8. The summed E-state index contributed by atoms with van der Waals surface area (Å²) >= 11 is 12.2. The van der Waals surface area contributed by atoms with E-state index in [0.29, 0.717) is 43.0 Å². The molecule has 56 heavy (non-hydrogen) atoms. The molecule has 0 saturated carbocycles. The number of halogens is 2. The number of hydrogen-bond donors (Lipinski definition) is 1. The first-order chi connectivity index (χ1) is 27.1. The molecular formula is C38H40Cl2N14O2. The lowest BCUT2D eigenvalue weighted by atomic mass is 10.2. The molecule has 2 aromatic carbocycles. The fourth-order valence-electron chi connectivity index (χ4n) is 6.97. The van der Waals surface area contributed by atoms with Crippen molar-refractivity contribution < 1.29 is 9.59 Å². The predicted molar refractivity (Wildman–Crippen MR) is 218 cm³/mol. The van der Waals surface area contributed by atoms with Gasteiger partial charge in [-0.3, -0.25) is 23.9 Å². The van der Waals surface area contributed by atoms with Crippen LogP contribution in [0.25, 0.3) is 32.2 Å². The summed E-state index contributed by atoms with van der Waals surface area (Å²) in [4.78, 5) is 44.8. The van der Waals surface area contributed by atoms with Crippen molar-refractivity contribution in [3.05, 3.63) is 105 Å². The number of pyridine rings is 2. The Morgan fingerprint density at radius 2 is 1.18 bits per heavy atom. The lowest BCUT2D eigenvalue weighted by molar-refractivity contribution is -0.133. The molecule has 0 aliphatic carbocycles. The summed E-state index contributed by atoms with van der Waals surface area (Å²) < 4.78 is 3.18. The summed E-state index contributed by atoms with van der Waals surface area (Å²) in [5.41, 5.74) is 20.3. The lowest BCUT2D eigenvalue weighted by Gasteiger charge is -2.36. The average Bonchev–Trinajstić information content (AvgIpc) is 3.82. The highest BCUT2D eigenvalue weighted by molar-refractivity contribution is 6.31. The molecule has 0 unspecified atom stereocenters. The van der Waals surface area contributed by atoms with Crippen LogP contribution in [0.2, 0.25) is 10.0 Å². The Morgan fingerprint density at radius 3 is 1.66 bits per heavy atom. The second-order valence-electron chi connectivity index (χ2n) is 13.6. The molecule has 6 aromatic rings. The van der Waals surface area contributed by atoms with Gasteiger partial charge in [-0.1, -0.05) is 23.2 Å². The lowest BCUT2D eigenvalue weighted by Crippen LogP contribution is -2.49. The van der Waals surface area contributed by atoms with Crippen molar-refractivity contribution >= 4 is 79.8 Å². The molecule has 2 aliphatic rings. The van der Waals surface area contributed by atoms with E-state index < -0.39 is 0 Å². The number of benzene rings is 2. The highest BCUT2D eigenvalue weighted by atomic mass is 35.5. The number of aryl methyl sites for hydroxylation is 2. The summed E-state index contributed by atoms with van der Waals surface area (Å²) in [5.74, 6) is 0.617. The van der Waals surface area contributed by atoms with E-state index in [0.717, 1.165) is 69.5 Å². The van der Waals surface area contributed by atoms with Gasteiger partial charge in [0.2, 0.25) is 11.8 Å². The van der Waals surface area contributed by atoms with E-state index in [4.69, 9.17) is 34.5 Å². The number of piperazine rings is 2. The third-order valence-corrected chi connectivity index (χ3v) is 10.9. The van der Waals surface area contributed by atoms with E-state index in [1.54, 1.807) is 40.2 Å². The minimum absolute atomic E-state index is 0.0299. The summed E-state index contributed by atoms with van der Waals surface area (Å²) in [5, 5.41) is 15.4. The van der Waals surface area contributed by atoms with Crippen LogP contribution in [-0.4, -0.2) is 104 Å². The van der Waals surface area contributed by atoms with Crippen LogP contribution in [0, 0.1) is 13.8 Å². The van der Waals surface area contributed by atoms with Gasteiger partial charge in [-0.2, -0.15) is 10.2 Å². The number of fused-ring (bicyclic) bond motifs is 2. The van der Waals surface area contributed by atoms with E-state index >= 15 is 0 Å². The Hall–Kier alpha value is -6.09. The Labute approximate surface area is 332 Å². The van der Waals surface area contributed by atoms with Crippen LogP contribution in [0.15, 0.2) is 78.4 Å². The van der Waals surface area contributed by atoms with Crippen molar-refractivity contribution in [3.8, 4) is 0 Å². The quantitative estimate of drug-likeness (QED) is 0.115. The zero-order chi connectivity index (χ0) is 39.3. The van der Waals surface area contributed by atoms with Gasteiger partial charge in [-0.15, -0.1) is 0 Å². The molecule has 18 heteroatoms. The standard InChI is InChI=1S/C19H19ClN8O.C19H21ClN6O/c1-13-10-15(2-3-16(13)20)26-6-8-27(9-7-26)17(29)12-28-18-14(11-23-28)4-5-22-19(18)24-25-21;1-13-10-15(2-3-16(13)20)24-6-8-25(9-7-24)17(27)12-26-18-14(11-23-26)4-5-22-19(18)21/h2-5,10-11H,6-9,12H2,1H3;2-5,10-11H,6-9,12H2,1H3,(H2,21,22). The minimum Gasteiger partial charge on any atom is -0.382 e. The Morgan fingerprint density at radius 1 is 0.714 bits per heavy atom. The summed E-state index contributed by atoms with van der Waals surface area (Å²) in [6.07, 6.45) is 6.55. The number of anilines is 3. The number of nitrogens with two attached hydrogens (primary N) is 1. The minimum atomic E-state index is -0.0299. The molecular weight excluding hydrogens is 755 g/mol. The number of nitrogen functional groups attached to an aromatic ring is 1. The topological polar surface area (TPSA) is 183 Å². The normalized spacial score (nSPS) is 14.4. The van der Waals surface area contributed by atoms with Gasteiger partial charge in [0.25, 0.3) is 0 Å². The van der Waals surface area contributed by atoms with Crippen molar-refractivity contribution in [3.63, 3.8) is 0 Å². The molecule has 16 nitrogen and oxygen atoms in total. The van der Waals surface area contributed by atoms with Crippen molar-refractivity contribution in [1.82, 2.24) is 39.3 Å². The molecule has 2 saturated heterocycles. The van der Waals surface area contributed by atoms with Gasteiger partial charge in [-0.05, 0) is 84.2 Å². The number of azide groups is 1. The second-order valence-corrected chi connectivity index (χ2v) is 14.4. The third kappa shape index (κ3) is 8.27. The number of carbonyl (C=O) groups is 2. The van der Waals surface area contributed by atoms with Gasteiger partial charge >= 0.3 is 0 Å².